The molecule has 1 saturated heterocycles. The summed E-state index contributed by atoms with van der Waals surface area (Å²) >= 11 is 6.68. The average molecular weight is 496 g/mol. The van der Waals surface area contributed by atoms with Crippen LogP contribution in [0.1, 0.15) is 18.1 Å². The number of rotatable bonds is 5. The number of amides is 3. The lowest BCUT2D eigenvalue weighted by Gasteiger charge is -2.12. The van der Waals surface area contributed by atoms with Gasteiger partial charge in [0.1, 0.15) is 5.70 Å². The van der Waals surface area contributed by atoms with Crippen molar-refractivity contribution in [2.75, 3.05) is 6.61 Å². The number of imide groups is 1. The number of nitrogens with zero attached hydrogens (tertiary/aromatic N) is 1. The number of urea groups is 1. The highest BCUT2D eigenvalue weighted by Gasteiger charge is 2.33. The molecule has 1 fully saturated rings. The second kappa shape index (κ2) is 8.14. The summed E-state index contributed by atoms with van der Waals surface area (Å²) in [6.07, 6.45) is 1.54. The van der Waals surface area contributed by atoms with Gasteiger partial charge in [-0.25, -0.2) is 4.79 Å². The number of phenolic OH excluding ortho intramolecular Hbond substituents is 1. The number of benzene rings is 2. The van der Waals surface area contributed by atoms with Crippen molar-refractivity contribution in [2.24, 2.45) is 0 Å². The maximum absolute atomic E-state index is 12.7. The van der Waals surface area contributed by atoms with E-state index in [0.717, 1.165) is 10.5 Å². The molecule has 0 atom stereocenters. The first-order chi connectivity index (χ1) is 12.9. The number of hydrogen-bond acceptors (Lipinski definition) is 4. The number of carbonyl (C=O) groups is 2. The smallest absolute Gasteiger partial charge is 0.329 e. The van der Waals surface area contributed by atoms with Crippen molar-refractivity contribution >= 4 is 49.9 Å². The lowest BCUT2D eigenvalue weighted by molar-refractivity contribution is -0.123. The van der Waals surface area contributed by atoms with Gasteiger partial charge < -0.3 is 15.2 Å². The van der Waals surface area contributed by atoms with E-state index in [1.165, 1.54) is 0 Å². The zero-order valence-electron chi connectivity index (χ0n) is 14.3. The van der Waals surface area contributed by atoms with Crippen LogP contribution in [-0.4, -0.2) is 28.6 Å². The molecule has 3 rings (SSSR count). The van der Waals surface area contributed by atoms with Crippen LogP contribution in [0.5, 0.6) is 11.5 Å². The highest BCUT2D eigenvalue weighted by molar-refractivity contribution is 9.13. The third-order valence-corrected chi connectivity index (χ3v) is 6.08. The van der Waals surface area contributed by atoms with Gasteiger partial charge in [-0.15, -0.1) is 0 Å². The predicted molar refractivity (Wildman–Crippen MR) is 108 cm³/mol. The average Bonchev–Trinajstić information content (AvgIpc) is 2.92. The molecule has 0 aromatic heterocycles. The summed E-state index contributed by atoms with van der Waals surface area (Å²) in [7, 11) is 0. The molecule has 3 amide bonds. The van der Waals surface area contributed by atoms with Crippen LogP contribution >= 0.6 is 31.9 Å². The SMILES string of the molecule is CCOc1cc(C=C2NC(=O)N(Cc3ccccc3)C2=O)c(Br)c(Br)c1O. The number of nitrogens with one attached hydrogen (secondary N) is 1. The van der Waals surface area contributed by atoms with Gasteiger partial charge in [0, 0.05) is 4.47 Å². The summed E-state index contributed by atoms with van der Waals surface area (Å²) < 4.78 is 6.36. The van der Waals surface area contributed by atoms with Crippen molar-refractivity contribution < 1.29 is 19.4 Å². The largest absolute Gasteiger partial charge is 0.503 e. The summed E-state index contributed by atoms with van der Waals surface area (Å²) in [4.78, 5) is 26.0. The molecule has 6 nitrogen and oxygen atoms in total. The first kappa shape index (κ1) is 19.4. The molecule has 0 spiro atoms. The molecule has 140 valence electrons. The summed E-state index contributed by atoms with van der Waals surface area (Å²) in [5.74, 6) is -0.186. The van der Waals surface area contributed by atoms with Gasteiger partial charge in [0.25, 0.3) is 5.91 Å². The zero-order chi connectivity index (χ0) is 19.6. The van der Waals surface area contributed by atoms with Gasteiger partial charge in [-0.1, -0.05) is 30.3 Å². The van der Waals surface area contributed by atoms with Gasteiger partial charge in [-0.2, -0.15) is 0 Å². The summed E-state index contributed by atoms with van der Waals surface area (Å²) in [5.41, 5.74) is 1.58. The number of hydrogen-bond donors (Lipinski definition) is 2. The molecule has 8 heteroatoms. The highest BCUT2D eigenvalue weighted by atomic mass is 79.9. The molecule has 2 N–H and O–H groups in total. The number of halogens is 2. The number of carbonyl (C=O) groups excluding carboxylic acids is 2. The van der Waals surface area contributed by atoms with Gasteiger partial charge in [0.15, 0.2) is 11.5 Å². The van der Waals surface area contributed by atoms with Crippen molar-refractivity contribution in [3.05, 3.63) is 62.2 Å². The van der Waals surface area contributed by atoms with E-state index in [2.05, 4.69) is 37.2 Å². The van der Waals surface area contributed by atoms with Crippen LogP contribution in [0, 0.1) is 0 Å². The van der Waals surface area contributed by atoms with Gasteiger partial charge in [0.05, 0.1) is 17.6 Å². The second-order valence-corrected chi connectivity index (χ2v) is 7.32. The Kier molecular flexibility index (Phi) is 5.86. The van der Waals surface area contributed by atoms with E-state index in [9.17, 15) is 14.7 Å². The van der Waals surface area contributed by atoms with Crippen LogP contribution in [0.25, 0.3) is 6.08 Å². The predicted octanol–water partition coefficient (Wildman–Crippen LogP) is 4.41. The summed E-state index contributed by atoms with van der Waals surface area (Å²) in [6.45, 7) is 2.36. The van der Waals surface area contributed by atoms with Crippen LogP contribution < -0.4 is 10.1 Å². The normalized spacial score (nSPS) is 15.4. The van der Waals surface area contributed by atoms with E-state index in [1.807, 2.05) is 30.3 Å². The Bertz CT molecular complexity index is 929. The third-order valence-electron chi connectivity index (χ3n) is 3.92. The van der Waals surface area contributed by atoms with E-state index in [-0.39, 0.29) is 23.7 Å². The number of aromatic hydroxyl groups is 1. The molecular formula is C19H16Br2N2O4. The van der Waals surface area contributed by atoms with Crippen LogP contribution in [0.3, 0.4) is 0 Å². The molecule has 0 radical (unpaired) electrons. The number of phenols is 1. The monoisotopic (exact) mass is 494 g/mol. The van der Waals surface area contributed by atoms with Gasteiger partial charge in [0.2, 0.25) is 0 Å². The Labute approximate surface area is 173 Å². The number of ether oxygens (including phenoxy) is 1. The van der Waals surface area contributed by atoms with Gasteiger partial charge >= 0.3 is 6.03 Å². The Balaban J connectivity index is 1.92. The van der Waals surface area contributed by atoms with E-state index >= 15 is 0 Å². The summed E-state index contributed by atoms with van der Waals surface area (Å²) in [6, 6.07) is 10.4. The molecule has 2 aromatic rings. The van der Waals surface area contributed by atoms with E-state index in [1.54, 1.807) is 19.1 Å². The van der Waals surface area contributed by atoms with E-state index in [0.29, 0.717) is 21.1 Å². The van der Waals surface area contributed by atoms with Gasteiger partial charge in [-0.05, 0) is 62.1 Å². The second-order valence-electron chi connectivity index (χ2n) is 5.74. The lowest BCUT2D eigenvalue weighted by Crippen LogP contribution is -2.30. The van der Waals surface area contributed by atoms with Crippen LogP contribution in [-0.2, 0) is 11.3 Å². The Morgan fingerprint density at radius 2 is 1.89 bits per heavy atom. The van der Waals surface area contributed by atoms with Crippen molar-refractivity contribution in [1.82, 2.24) is 10.2 Å². The zero-order valence-corrected chi connectivity index (χ0v) is 17.5. The molecule has 1 heterocycles. The minimum absolute atomic E-state index is 0.0432. The molecule has 2 aromatic carbocycles. The standard InChI is InChI=1S/C19H16Br2N2O4/c1-2-27-14-9-12(15(20)16(21)17(14)24)8-13-18(25)23(19(26)22-13)10-11-6-4-3-5-7-11/h3-9,24H,2,10H2,1H3,(H,22,26). The van der Waals surface area contributed by atoms with Crippen molar-refractivity contribution in [2.45, 2.75) is 13.5 Å². The van der Waals surface area contributed by atoms with Crippen molar-refractivity contribution in [3.8, 4) is 11.5 Å². The molecule has 0 bridgehead atoms. The maximum atomic E-state index is 12.7. The van der Waals surface area contributed by atoms with E-state index < -0.39 is 11.9 Å². The molecule has 0 saturated carbocycles. The molecule has 27 heavy (non-hydrogen) atoms. The van der Waals surface area contributed by atoms with Crippen LogP contribution in [0.15, 0.2) is 51.0 Å². The van der Waals surface area contributed by atoms with Crippen LogP contribution in [0.2, 0.25) is 0 Å². The minimum atomic E-state index is -0.478. The Morgan fingerprint density at radius 3 is 2.56 bits per heavy atom. The Hall–Kier alpha value is -2.32. The van der Waals surface area contributed by atoms with Crippen LogP contribution in [0.4, 0.5) is 4.79 Å². The molecule has 0 unspecified atom stereocenters. The lowest BCUT2D eigenvalue weighted by atomic mass is 10.1. The maximum Gasteiger partial charge on any atom is 0.329 e. The minimum Gasteiger partial charge on any atom is -0.503 e. The quantitative estimate of drug-likeness (QED) is 0.475. The first-order valence-corrected chi connectivity index (χ1v) is 9.73. The Morgan fingerprint density at radius 1 is 1.19 bits per heavy atom. The molecule has 0 aliphatic carbocycles. The molecule has 1 aliphatic rings. The molecule has 1 aliphatic heterocycles. The van der Waals surface area contributed by atoms with Gasteiger partial charge in [-0.3, -0.25) is 9.69 Å². The fraction of sp³-hybridized carbons (Fsp3) is 0.158. The van der Waals surface area contributed by atoms with E-state index in [4.69, 9.17) is 4.74 Å². The van der Waals surface area contributed by atoms with Crippen molar-refractivity contribution in [1.29, 1.82) is 0 Å². The highest BCUT2D eigenvalue weighted by Crippen LogP contribution is 2.42. The molecular weight excluding hydrogens is 480 g/mol. The first-order valence-electron chi connectivity index (χ1n) is 8.14. The fourth-order valence-electron chi connectivity index (χ4n) is 2.62. The third kappa shape index (κ3) is 4.01. The van der Waals surface area contributed by atoms with Crippen molar-refractivity contribution in [3.63, 3.8) is 0 Å². The summed E-state index contributed by atoms with van der Waals surface area (Å²) in [5, 5.41) is 12.7. The topological polar surface area (TPSA) is 78.9 Å². The fourth-order valence-corrected chi connectivity index (χ4v) is 3.46.